The second-order valence-electron chi connectivity index (χ2n) is 53.7. The lowest BCUT2D eigenvalue weighted by molar-refractivity contribution is -0.162. The summed E-state index contributed by atoms with van der Waals surface area (Å²) in [6.45, 7) is 95.5. The molecule has 18 rings (SSSR count). The molecule has 18 fully saturated rings. The summed E-state index contributed by atoms with van der Waals surface area (Å²) in [5.41, 5.74) is -1.20. The lowest BCUT2D eigenvalue weighted by Crippen LogP contribution is -2.47. The molecule has 0 aromatic carbocycles. The van der Waals surface area contributed by atoms with Gasteiger partial charge in [0.1, 0.15) is 105 Å². The molecular weight excluding hydrogens is 1800 g/mol. The molecular formula is C115H204B8O21. The Bertz CT molecular complexity index is 3560. The molecule has 29 heteroatoms. The van der Waals surface area contributed by atoms with Crippen molar-refractivity contribution in [2.75, 3.05) is 46.2 Å². The van der Waals surface area contributed by atoms with E-state index < -0.39 is 0 Å². The summed E-state index contributed by atoms with van der Waals surface area (Å²) in [4.78, 5) is 8.00. The Morgan fingerprint density at radius 1 is 0.257 bits per heavy atom. The van der Waals surface area contributed by atoms with E-state index in [9.17, 15) is 0 Å². The molecule has 814 valence electrons. The van der Waals surface area contributed by atoms with Gasteiger partial charge in [0.25, 0.3) is 0 Å². The highest BCUT2D eigenvalue weighted by molar-refractivity contribution is 6.14. The molecule has 0 spiro atoms. The molecule has 0 amide bonds. The molecule has 16 radical (unpaired) electrons. The van der Waals surface area contributed by atoms with Gasteiger partial charge in [0, 0.05) is 116 Å². The number of hydrogen-bond acceptors (Lipinski definition) is 21. The predicted octanol–water partition coefficient (Wildman–Crippen LogP) is 19.3. The van der Waals surface area contributed by atoms with Gasteiger partial charge in [0.2, 0.25) is 0 Å². The zero-order valence-electron chi connectivity index (χ0n) is 98.1. The quantitative estimate of drug-likeness (QED) is 0.0639. The molecule has 0 saturated carbocycles. The largest absolute Gasteiger partial charge is 0.378 e. The van der Waals surface area contributed by atoms with Gasteiger partial charge in [0.05, 0.1) is 145 Å². The third-order valence-electron chi connectivity index (χ3n) is 34.6. The molecule has 18 aliphatic rings. The van der Waals surface area contributed by atoms with Crippen molar-refractivity contribution in [2.45, 2.75) is 537 Å². The molecule has 0 aromatic rings. The molecule has 0 aliphatic carbocycles. The van der Waals surface area contributed by atoms with Crippen LogP contribution >= 0.6 is 0 Å². The number of ether oxygens (including phenoxy) is 20. The number of hydrogen-bond donors (Lipinski definition) is 0. The first kappa shape index (κ1) is 127. The predicted molar refractivity (Wildman–Crippen MR) is 581 cm³/mol. The standard InChI is InChI=1S/5C13H23BO2.C13H24O3.C12H21BO3.2C12H21BO2.CH2O/c1-7(2)9(5)13-6-15-11(12(14)16-13)10(13)8(3)4;2*1-7(2)6-13-9(5)15-11(12(14)16-13)10(13)8(3)4;2*1-8(2)7-13-5-6-15-11(12(14)16-13)10(13)9(3)4;1-8(2)6-13-7-14-11(10(5)16-13)12(13)15-9(3)4;1-7(2)5-12-6-14-9(11(13)16-12)10(12)15-8(3)4;2*1-7(2)5-12-6-14-10(11(13)15-12)9(12)8(3)4;1-2/h3*7-12H,6H2,1-5H3;2*8-12H,5-7H2,1-4H3;8-12H,6-7H2,1-5H3;7-11H,5-6H2,1-4H3;2*7-11H,5-6H2,1-4H3;1H2/t9?,10?,11-,12+,13+;2*9?,10?,11-,12+,13-;2*10?,11-,12+,13+;10-,11+,12?,13-;9-,10?,11-,12-;9?,10-,11+,12-;9?,10-,11-,12?;/m000000101./s1. The number of rotatable bonds is 29. The highest BCUT2D eigenvalue weighted by atomic mass is 16.7. The molecule has 18 heterocycles. The second kappa shape index (κ2) is 51.8. The Morgan fingerprint density at radius 2 is 0.500 bits per heavy atom. The van der Waals surface area contributed by atoms with Crippen LogP contribution in [0.5, 0.6) is 0 Å². The van der Waals surface area contributed by atoms with Crippen molar-refractivity contribution in [2.24, 2.45) is 142 Å². The lowest BCUT2D eigenvalue weighted by atomic mass is 9.69. The Labute approximate surface area is 889 Å². The van der Waals surface area contributed by atoms with Gasteiger partial charge in [-0.2, -0.15) is 0 Å². The van der Waals surface area contributed by atoms with Crippen LogP contribution in [-0.4, -0.2) is 312 Å². The maximum atomic E-state index is 8.00. The smallest absolute Gasteiger partial charge is 0.121 e. The molecule has 18 bridgehead atoms. The minimum Gasteiger partial charge on any atom is -0.378 e. The third-order valence-corrected chi connectivity index (χ3v) is 34.6. The van der Waals surface area contributed by atoms with Gasteiger partial charge < -0.3 is 99.5 Å². The van der Waals surface area contributed by atoms with Gasteiger partial charge >= 0.3 is 0 Å². The second-order valence-corrected chi connectivity index (χ2v) is 53.7. The summed E-state index contributed by atoms with van der Waals surface area (Å²) >= 11 is 0. The highest BCUT2D eigenvalue weighted by Gasteiger charge is 2.70. The van der Waals surface area contributed by atoms with Crippen molar-refractivity contribution in [1.82, 2.24) is 0 Å². The van der Waals surface area contributed by atoms with Crippen molar-refractivity contribution in [3.63, 3.8) is 0 Å². The van der Waals surface area contributed by atoms with E-state index in [2.05, 4.69) is 263 Å². The van der Waals surface area contributed by atoms with E-state index in [4.69, 9.17) is 162 Å². The van der Waals surface area contributed by atoms with Gasteiger partial charge in [-0.1, -0.05) is 228 Å². The van der Waals surface area contributed by atoms with E-state index in [1.165, 1.54) is 0 Å². The fourth-order valence-electron chi connectivity index (χ4n) is 30.9. The lowest BCUT2D eigenvalue weighted by Gasteiger charge is -2.42. The fraction of sp³-hybridized carbons (Fsp3) is 0.991. The van der Waals surface area contributed by atoms with Crippen LogP contribution in [0.25, 0.3) is 0 Å². The number of carbonyl (C=O) groups is 1. The van der Waals surface area contributed by atoms with Gasteiger partial charge in [-0.3, -0.25) is 0 Å². The monoisotopic (exact) mass is 2010 g/mol. The molecule has 0 N–H and O–H groups in total. The van der Waals surface area contributed by atoms with E-state index in [1.807, 2.05) is 20.6 Å². The molecule has 39 atom stereocenters. The topological polar surface area (TPSA) is 202 Å². The van der Waals surface area contributed by atoms with Crippen molar-refractivity contribution in [3.8, 4) is 0 Å². The van der Waals surface area contributed by atoms with Crippen LogP contribution < -0.4 is 0 Å². The minimum atomic E-state index is -0.337. The van der Waals surface area contributed by atoms with Crippen molar-refractivity contribution in [1.29, 1.82) is 0 Å². The Balaban J connectivity index is 0.000000180. The number of carbonyl (C=O) groups excluding carboxylic acids is 1. The maximum Gasteiger partial charge on any atom is 0.121 e. The zero-order valence-corrected chi connectivity index (χ0v) is 98.1. The van der Waals surface area contributed by atoms with E-state index >= 15 is 0 Å². The summed E-state index contributed by atoms with van der Waals surface area (Å²) < 4.78 is 119. The average Bonchev–Trinajstić information content (AvgIpc) is 1.53. The van der Waals surface area contributed by atoms with Crippen LogP contribution in [-0.2, 0) is 99.5 Å². The van der Waals surface area contributed by atoms with E-state index in [0.717, 1.165) is 90.6 Å². The first-order valence-corrected chi connectivity index (χ1v) is 57.3. The van der Waals surface area contributed by atoms with Crippen LogP contribution in [0.2, 0.25) is 0 Å². The van der Waals surface area contributed by atoms with Crippen LogP contribution in [0.15, 0.2) is 0 Å². The zero-order chi connectivity index (χ0) is 108. The Kier molecular flexibility index (Phi) is 45.6. The molecule has 13 unspecified atom stereocenters. The van der Waals surface area contributed by atoms with Crippen molar-refractivity contribution in [3.05, 3.63) is 0 Å². The van der Waals surface area contributed by atoms with E-state index in [-0.39, 0.29) is 196 Å². The molecule has 18 saturated heterocycles. The van der Waals surface area contributed by atoms with Crippen LogP contribution in [0.4, 0.5) is 0 Å². The van der Waals surface area contributed by atoms with Gasteiger partial charge in [0.15, 0.2) is 0 Å². The summed E-state index contributed by atoms with van der Waals surface area (Å²) in [5, 5.41) is 0. The summed E-state index contributed by atoms with van der Waals surface area (Å²) in [6.07, 6.45) is 12.1. The number of fused-ring (bicyclic) bond motifs is 18. The summed E-state index contributed by atoms with van der Waals surface area (Å²) in [7, 11) is 48.0. The van der Waals surface area contributed by atoms with Gasteiger partial charge in [-0.15, -0.1) is 0 Å². The van der Waals surface area contributed by atoms with Crippen LogP contribution in [0.1, 0.15) is 341 Å². The van der Waals surface area contributed by atoms with Crippen LogP contribution in [0.3, 0.4) is 0 Å². The Morgan fingerprint density at radius 3 is 0.799 bits per heavy atom. The first-order chi connectivity index (χ1) is 66.9. The van der Waals surface area contributed by atoms with Gasteiger partial charge in [-0.25, -0.2) is 0 Å². The van der Waals surface area contributed by atoms with Crippen LogP contribution in [0, 0.1) is 142 Å². The maximum absolute atomic E-state index is 8.00. The van der Waals surface area contributed by atoms with E-state index in [1.54, 1.807) is 0 Å². The van der Waals surface area contributed by atoms with Crippen molar-refractivity contribution < 1.29 is 99.5 Å². The molecule has 144 heavy (non-hydrogen) atoms. The summed E-state index contributed by atoms with van der Waals surface area (Å²) in [6, 6.07) is -1.93. The molecule has 21 nitrogen and oxygen atoms in total. The molecule has 0 aromatic heterocycles. The first-order valence-electron chi connectivity index (χ1n) is 57.3. The summed E-state index contributed by atoms with van der Waals surface area (Å²) in [5.74, 6) is 13.1. The normalized spacial score (nSPS) is 43.8. The minimum absolute atomic E-state index is 0.00935. The van der Waals surface area contributed by atoms with E-state index in [0.29, 0.717) is 162 Å². The fourth-order valence-corrected chi connectivity index (χ4v) is 30.9. The Hall–Kier alpha value is -0.611. The third kappa shape index (κ3) is 27.1. The van der Waals surface area contributed by atoms with Crippen molar-refractivity contribution >= 4 is 69.6 Å². The highest BCUT2D eigenvalue weighted by Crippen LogP contribution is 2.60. The molecule has 18 aliphatic heterocycles. The average molecular weight is 2010 g/mol. The SMILES string of the molecule is C=O.CC(C)C[C@]12CO[C@@H](C1OC(C)C)[C@H](C)O2.[B][C@@H]1OC2(CC(C)C)CO[C@@H]1C2C(C)C.[B][C@@H]1O[C@@]2(C(C)C(C)C)CO[C@H]1C2C(C)C.[B][C@@H]1O[C@@]2(CC(C)C)C(C)O[C@H]1C2C(C)C.[B][C@@H]1O[C@@]2(CC(C)C)C(C)O[C@H]1C2C(C)C.[B][C@@H]1O[C@@]2(CC(C)C)CCO[C@H]1C2C(C)C.[B][C@@H]1O[C@@]2(CC(C)C)CCO[C@H]1C2C(C)C.[B][C@@H]1O[C@@]2(CC(C)C)CO[C@H]1C2C(C)C.[B][C@@H]1O[C@]2(CC(C)C)CO[C@@H]1C2OC(C)C. The van der Waals surface area contributed by atoms with Gasteiger partial charge in [-0.05, 0) is 200 Å².